The molecule has 0 N–H and O–H groups in total. The highest BCUT2D eigenvalue weighted by Gasteiger charge is 2.11. The van der Waals surface area contributed by atoms with Crippen LogP contribution >= 0.6 is 0 Å². The predicted molar refractivity (Wildman–Crippen MR) is 54.2 cm³/mol. The van der Waals surface area contributed by atoms with Crippen LogP contribution in [0.5, 0.6) is 0 Å². The highest BCUT2D eigenvalue weighted by atomic mass is 19.1. The van der Waals surface area contributed by atoms with Gasteiger partial charge in [-0.25, -0.2) is 4.39 Å². The molecule has 1 atom stereocenters. The monoisotopic (exact) mass is 178 g/mol. The lowest BCUT2D eigenvalue weighted by molar-refractivity contribution is 0.575. The molecule has 0 saturated carbocycles. The molecular weight excluding hydrogens is 163 g/mol. The molecule has 70 valence electrons. The lowest BCUT2D eigenvalue weighted by atomic mass is 9.89. The minimum Gasteiger partial charge on any atom is -0.207 e. The van der Waals surface area contributed by atoms with Crippen molar-refractivity contribution in [3.05, 3.63) is 48.3 Å². The maximum atomic E-state index is 12.6. The third kappa shape index (κ3) is 2.41. The molecule has 1 rings (SSSR count). The topological polar surface area (TPSA) is 0 Å². The van der Waals surface area contributed by atoms with E-state index in [0.29, 0.717) is 11.8 Å². The van der Waals surface area contributed by atoms with Crippen molar-refractivity contribution in [2.24, 2.45) is 5.92 Å². The average molecular weight is 178 g/mol. The second-order valence-electron chi connectivity index (χ2n) is 3.56. The Labute approximate surface area is 79.1 Å². The molecule has 0 bridgehead atoms. The van der Waals surface area contributed by atoms with E-state index in [1.54, 1.807) is 0 Å². The Morgan fingerprint density at radius 3 is 2.15 bits per heavy atom. The van der Waals surface area contributed by atoms with E-state index in [-0.39, 0.29) is 5.82 Å². The van der Waals surface area contributed by atoms with Crippen LogP contribution in [0.15, 0.2) is 36.9 Å². The summed E-state index contributed by atoms with van der Waals surface area (Å²) in [6.45, 7) is 8.06. The van der Waals surface area contributed by atoms with Crippen molar-refractivity contribution in [1.82, 2.24) is 0 Å². The van der Waals surface area contributed by atoms with Gasteiger partial charge in [-0.3, -0.25) is 0 Å². The summed E-state index contributed by atoms with van der Waals surface area (Å²) in [7, 11) is 0. The summed E-state index contributed by atoms with van der Waals surface area (Å²) in [6, 6.07) is 6.63. The van der Waals surface area contributed by atoms with Crippen LogP contribution in [-0.2, 0) is 0 Å². The van der Waals surface area contributed by atoms with Gasteiger partial charge in [0, 0.05) is 5.92 Å². The zero-order chi connectivity index (χ0) is 9.84. The van der Waals surface area contributed by atoms with E-state index in [9.17, 15) is 4.39 Å². The molecule has 0 aliphatic rings. The molecule has 0 heterocycles. The van der Waals surface area contributed by atoms with Gasteiger partial charge in [0.2, 0.25) is 0 Å². The molecule has 0 fully saturated rings. The van der Waals surface area contributed by atoms with Gasteiger partial charge in [0.25, 0.3) is 0 Å². The SMILES string of the molecule is C=C[C@H](c1ccc(F)cc1)C(C)C. The van der Waals surface area contributed by atoms with E-state index in [2.05, 4.69) is 20.4 Å². The van der Waals surface area contributed by atoms with Gasteiger partial charge in [0.1, 0.15) is 5.82 Å². The summed E-state index contributed by atoms with van der Waals surface area (Å²) >= 11 is 0. The van der Waals surface area contributed by atoms with E-state index in [0.717, 1.165) is 5.56 Å². The Morgan fingerprint density at radius 2 is 1.77 bits per heavy atom. The number of rotatable bonds is 3. The summed E-state index contributed by atoms with van der Waals surface area (Å²) in [6.07, 6.45) is 1.91. The van der Waals surface area contributed by atoms with Crippen molar-refractivity contribution < 1.29 is 4.39 Å². The van der Waals surface area contributed by atoms with Gasteiger partial charge < -0.3 is 0 Å². The van der Waals surface area contributed by atoms with Gasteiger partial charge in [0.15, 0.2) is 0 Å². The lowest BCUT2D eigenvalue weighted by Gasteiger charge is -2.16. The molecule has 0 saturated heterocycles. The molecular formula is C12H15F. The first-order valence-electron chi connectivity index (χ1n) is 4.53. The van der Waals surface area contributed by atoms with Gasteiger partial charge >= 0.3 is 0 Å². The number of allylic oxidation sites excluding steroid dienone is 1. The largest absolute Gasteiger partial charge is 0.207 e. The van der Waals surface area contributed by atoms with Crippen LogP contribution in [0.1, 0.15) is 25.3 Å². The van der Waals surface area contributed by atoms with Crippen LogP contribution in [0.25, 0.3) is 0 Å². The summed E-state index contributed by atoms with van der Waals surface area (Å²) < 4.78 is 12.6. The van der Waals surface area contributed by atoms with Crippen molar-refractivity contribution in [2.45, 2.75) is 19.8 Å². The fraction of sp³-hybridized carbons (Fsp3) is 0.333. The third-order valence-corrected chi connectivity index (χ3v) is 2.23. The van der Waals surface area contributed by atoms with Crippen molar-refractivity contribution in [1.29, 1.82) is 0 Å². The molecule has 0 aliphatic carbocycles. The molecule has 1 aromatic rings. The highest BCUT2D eigenvalue weighted by molar-refractivity contribution is 5.24. The molecule has 1 aromatic carbocycles. The second kappa shape index (κ2) is 4.22. The van der Waals surface area contributed by atoms with Gasteiger partial charge in [-0.05, 0) is 23.6 Å². The predicted octanol–water partition coefficient (Wildman–Crippen LogP) is 3.75. The summed E-state index contributed by atoms with van der Waals surface area (Å²) in [5.74, 6) is 0.638. The van der Waals surface area contributed by atoms with Crippen LogP contribution < -0.4 is 0 Å². The lowest BCUT2D eigenvalue weighted by Crippen LogP contribution is -2.02. The summed E-state index contributed by atoms with van der Waals surface area (Å²) in [5.41, 5.74) is 1.13. The van der Waals surface area contributed by atoms with E-state index >= 15 is 0 Å². The molecule has 0 spiro atoms. The second-order valence-corrected chi connectivity index (χ2v) is 3.56. The smallest absolute Gasteiger partial charge is 0.123 e. The van der Waals surface area contributed by atoms with Crippen LogP contribution in [-0.4, -0.2) is 0 Å². The highest BCUT2D eigenvalue weighted by Crippen LogP contribution is 2.25. The van der Waals surface area contributed by atoms with Crippen LogP contribution in [0.4, 0.5) is 4.39 Å². The van der Waals surface area contributed by atoms with E-state index < -0.39 is 0 Å². The number of hydrogen-bond donors (Lipinski definition) is 0. The Morgan fingerprint density at radius 1 is 1.23 bits per heavy atom. The summed E-state index contributed by atoms with van der Waals surface area (Å²) in [5, 5.41) is 0. The van der Waals surface area contributed by atoms with E-state index in [4.69, 9.17) is 0 Å². The van der Waals surface area contributed by atoms with Crippen LogP contribution in [0, 0.1) is 11.7 Å². The molecule has 0 aromatic heterocycles. The minimum absolute atomic E-state index is 0.185. The minimum atomic E-state index is -0.185. The molecule has 0 amide bonds. The van der Waals surface area contributed by atoms with Gasteiger partial charge in [0.05, 0.1) is 0 Å². The Kier molecular flexibility index (Phi) is 3.24. The number of halogens is 1. The maximum absolute atomic E-state index is 12.6. The van der Waals surface area contributed by atoms with Crippen molar-refractivity contribution >= 4 is 0 Å². The normalized spacial score (nSPS) is 12.9. The van der Waals surface area contributed by atoms with Gasteiger partial charge in [-0.1, -0.05) is 32.1 Å². The van der Waals surface area contributed by atoms with Crippen LogP contribution in [0.3, 0.4) is 0 Å². The van der Waals surface area contributed by atoms with Crippen molar-refractivity contribution in [3.63, 3.8) is 0 Å². The Hall–Kier alpha value is -1.11. The van der Waals surface area contributed by atoms with Crippen molar-refractivity contribution in [2.75, 3.05) is 0 Å². The fourth-order valence-corrected chi connectivity index (χ4v) is 1.48. The van der Waals surface area contributed by atoms with E-state index in [1.165, 1.54) is 12.1 Å². The molecule has 13 heavy (non-hydrogen) atoms. The van der Waals surface area contributed by atoms with Crippen LogP contribution in [0.2, 0.25) is 0 Å². The molecule has 0 unspecified atom stereocenters. The van der Waals surface area contributed by atoms with Gasteiger partial charge in [-0.2, -0.15) is 0 Å². The molecule has 0 aliphatic heterocycles. The fourth-order valence-electron chi connectivity index (χ4n) is 1.48. The summed E-state index contributed by atoms with van der Waals surface area (Å²) in [4.78, 5) is 0. The average Bonchev–Trinajstić information content (AvgIpc) is 2.09. The quantitative estimate of drug-likeness (QED) is 0.618. The first-order valence-corrected chi connectivity index (χ1v) is 4.53. The molecule has 1 heteroatoms. The zero-order valence-electron chi connectivity index (χ0n) is 8.13. The Bertz CT molecular complexity index is 272. The third-order valence-electron chi connectivity index (χ3n) is 2.23. The number of hydrogen-bond acceptors (Lipinski definition) is 0. The number of benzene rings is 1. The first-order chi connectivity index (χ1) is 6.15. The maximum Gasteiger partial charge on any atom is 0.123 e. The zero-order valence-corrected chi connectivity index (χ0v) is 8.13. The van der Waals surface area contributed by atoms with Gasteiger partial charge in [-0.15, -0.1) is 6.58 Å². The Balaban J connectivity index is 2.92. The van der Waals surface area contributed by atoms with Crippen molar-refractivity contribution in [3.8, 4) is 0 Å². The molecule has 0 nitrogen and oxygen atoms in total. The first kappa shape index (κ1) is 9.97. The van der Waals surface area contributed by atoms with E-state index in [1.807, 2.05) is 18.2 Å². The molecule has 0 radical (unpaired) electrons. The standard InChI is InChI=1S/C12H15F/c1-4-12(9(2)3)10-5-7-11(13)8-6-10/h4-9,12H,1H2,2-3H3/t12-/m0/s1.